The van der Waals surface area contributed by atoms with Gasteiger partial charge in [-0.05, 0) is 25.7 Å². The van der Waals surface area contributed by atoms with Crippen LogP contribution in [0.4, 0.5) is 11.8 Å². The second-order valence-corrected chi connectivity index (χ2v) is 5.87. The molecule has 2 rings (SSSR count). The van der Waals surface area contributed by atoms with Crippen molar-refractivity contribution in [2.45, 2.75) is 46.5 Å². The number of aryl methyl sites for hydroxylation is 1. The molecule has 1 N–H and O–H groups in total. The highest BCUT2D eigenvalue weighted by Gasteiger charge is 2.13. The van der Waals surface area contributed by atoms with E-state index in [1.165, 1.54) is 25.7 Å². The summed E-state index contributed by atoms with van der Waals surface area (Å²) in [7, 11) is 0. The van der Waals surface area contributed by atoms with Gasteiger partial charge in [0.2, 0.25) is 5.95 Å². The van der Waals surface area contributed by atoms with E-state index in [-0.39, 0.29) is 0 Å². The normalized spacial score (nSPS) is 16.5. The zero-order valence-corrected chi connectivity index (χ0v) is 12.4. The maximum atomic E-state index is 4.67. The van der Waals surface area contributed by atoms with E-state index in [1.54, 1.807) is 0 Å². The highest BCUT2D eigenvalue weighted by atomic mass is 15.3. The van der Waals surface area contributed by atoms with Crippen LogP contribution in [0, 0.1) is 12.8 Å². The lowest BCUT2D eigenvalue weighted by atomic mass is 10.2. The average Bonchev–Trinajstić information content (AvgIpc) is 2.64. The van der Waals surface area contributed by atoms with E-state index >= 15 is 0 Å². The van der Waals surface area contributed by atoms with Crippen LogP contribution in [0.5, 0.6) is 0 Å². The summed E-state index contributed by atoms with van der Waals surface area (Å²) in [4.78, 5) is 11.6. The Hall–Kier alpha value is -1.32. The van der Waals surface area contributed by atoms with Crippen LogP contribution in [0.25, 0.3) is 0 Å². The van der Waals surface area contributed by atoms with Gasteiger partial charge in [-0.1, -0.05) is 26.7 Å². The van der Waals surface area contributed by atoms with E-state index in [1.807, 2.05) is 13.0 Å². The third-order valence-corrected chi connectivity index (χ3v) is 3.42. The molecule has 19 heavy (non-hydrogen) atoms. The van der Waals surface area contributed by atoms with Crippen molar-refractivity contribution in [3.8, 4) is 0 Å². The molecule has 1 aromatic heterocycles. The van der Waals surface area contributed by atoms with Gasteiger partial charge in [0.1, 0.15) is 5.82 Å². The lowest BCUT2D eigenvalue weighted by molar-refractivity contribution is 0.685. The fraction of sp³-hybridized carbons (Fsp3) is 0.733. The first-order valence-corrected chi connectivity index (χ1v) is 7.49. The molecule has 1 aliphatic heterocycles. The van der Waals surface area contributed by atoms with E-state index in [4.69, 9.17) is 0 Å². The molecule has 4 heteroatoms. The van der Waals surface area contributed by atoms with Gasteiger partial charge in [-0.25, -0.2) is 4.98 Å². The predicted molar refractivity (Wildman–Crippen MR) is 80.8 cm³/mol. The van der Waals surface area contributed by atoms with Crippen molar-refractivity contribution >= 4 is 11.8 Å². The van der Waals surface area contributed by atoms with Crippen molar-refractivity contribution in [3.63, 3.8) is 0 Å². The molecular formula is C15H26N4. The van der Waals surface area contributed by atoms with Gasteiger partial charge in [0.25, 0.3) is 0 Å². The maximum absolute atomic E-state index is 4.67. The molecule has 4 nitrogen and oxygen atoms in total. The van der Waals surface area contributed by atoms with Gasteiger partial charge >= 0.3 is 0 Å². The Balaban J connectivity index is 2.10. The molecule has 0 radical (unpaired) electrons. The number of anilines is 2. The van der Waals surface area contributed by atoms with Crippen molar-refractivity contribution in [3.05, 3.63) is 11.8 Å². The molecule has 0 atom stereocenters. The molecule has 1 aromatic rings. The minimum absolute atomic E-state index is 0.622. The Morgan fingerprint density at radius 1 is 1.16 bits per heavy atom. The molecule has 2 heterocycles. The summed E-state index contributed by atoms with van der Waals surface area (Å²) < 4.78 is 0. The van der Waals surface area contributed by atoms with Crippen LogP contribution >= 0.6 is 0 Å². The molecule has 1 fully saturated rings. The fourth-order valence-corrected chi connectivity index (χ4v) is 2.36. The second kappa shape index (κ2) is 6.73. The standard InChI is InChI=1S/C15H26N4/c1-12(2)11-16-14-10-13(3)17-15(18-14)19-8-6-4-5-7-9-19/h10,12H,4-9,11H2,1-3H3,(H,16,17,18). The minimum Gasteiger partial charge on any atom is -0.370 e. The largest absolute Gasteiger partial charge is 0.370 e. The van der Waals surface area contributed by atoms with Gasteiger partial charge in [-0.3, -0.25) is 0 Å². The summed E-state index contributed by atoms with van der Waals surface area (Å²) in [6.45, 7) is 9.59. The van der Waals surface area contributed by atoms with Crippen molar-refractivity contribution in [1.82, 2.24) is 9.97 Å². The van der Waals surface area contributed by atoms with Gasteiger partial charge in [0, 0.05) is 31.4 Å². The topological polar surface area (TPSA) is 41.1 Å². The van der Waals surface area contributed by atoms with Crippen LogP contribution < -0.4 is 10.2 Å². The first-order chi connectivity index (χ1) is 9.15. The van der Waals surface area contributed by atoms with Crippen LogP contribution in [0.1, 0.15) is 45.2 Å². The van der Waals surface area contributed by atoms with Crippen molar-refractivity contribution in [2.24, 2.45) is 5.92 Å². The quantitative estimate of drug-likeness (QED) is 0.904. The Bertz CT molecular complexity index is 395. The molecule has 0 aliphatic carbocycles. The monoisotopic (exact) mass is 262 g/mol. The predicted octanol–water partition coefficient (Wildman–Crippen LogP) is 3.23. The Morgan fingerprint density at radius 2 is 1.84 bits per heavy atom. The van der Waals surface area contributed by atoms with E-state index in [0.29, 0.717) is 5.92 Å². The lowest BCUT2D eigenvalue weighted by Gasteiger charge is -2.21. The SMILES string of the molecule is Cc1cc(NCC(C)C)nc(N2CCCCCC2)n1. The maximum Gasteiger partial charge on any atom is 0.227 e. The number of rotatable bonds is 4. The Morgan fingerprint density at radius 3 is 2.47 bits per heavy atom. The number of aromatic nitrogens is 2. The summed E-state index contributed by atoms with van der Waals surface area (Å²) in [5, 5.41) is 3.40. The number of hydrogen-bond acceptors (Lipinski definition) is 4. The second-order valence-electron chi connectivity index (χ2n) is 5.87. The molecule has 0 bridgehead atoms. The van der Waals surface area contributed by atoms with E-state index in [2.05, 4.69) is 34.0 Å². The molecule has 0 spiro atoms. The number of nitrogens with one attached hydrogen (secondary N) is 1. The minimum atomic E-state index is 0.622. The average molecular weight is 262 g/mol. The van der Waals surface area contributed by atoms with Gasteiger partial charge < -0.3 is 10.2 Å². The smallest absolute Gasteiger partial charge is 0.227 e. The summed E-state index contributed by atoms with van der Waals surface area (Å²) in [6.07, 6.45) is 5.18. The first-order valence-electron chi connectivity index (χ1n) is 7.49. The summed E-state index contributed by atoms with van der Waals surface area (Å²) in [6, 6.07) is 2.03. The van der Waals surface area contributed by atoms with Gasteiger partial charge in [-0.2, -0.15) is 4.98 Å². The van der Waals surface area contributed by atoms with E-state index in [9.17, 15) is 0 Å². The number of hydrogen-bond donors (Lipinski definition) is 1. The van der Waals surface area contributed by atoms with Crippen LogP contribution in [0.15, 0.2) is 6.07 Å². The molecule has 1 saturated heterocycles. The molecule has 0 aromatic carbocycles. The molecule has 0 amide bonds. The Labute approximate surface area is 116 Å². The van der Waals surface area contributed by atoms with Crippen LogP contribution in [-0.4, -0.2) is 29.6 Å². The third-order valence-electron chi connectivity index (χ3n) is 3.42. The van der Waals surface area contributed by atoms with Crippen LogP contribution in [-0.2, 0) is 0 Å². The van der Waals surface area contributed by atoms with Crippen molar-refractivity contribution < 1.29 is 0 Å². The fourth-order valence-electron chi connectivity index (χ4n) is 2.36. The zero-order valence-electron chi connectivity index (χ0n) is 12.4. The van der Waals surface area contributed by atoms with Gasteiger partial charge in [0.05, 0.1) is 0 Å². The van der Waals surface area contributed by atoms with Crippen LogP contribution in [0.2, 0.25) is 0 Å². The molecule has 0 unspecified atom stereocenters. The number of nitrogens with zero attached hydrogens (tertiary/aromatic N) is 3. The molecule has 1 aliphatic rings. The van der Waals surface area contributed by atoms with E-state index in [0.717, 1.165) is 37.1 Å². The summed E-state index contributed by atoms with van der Waals surface area (Å²) >= 11 is 0. The Kier molecular flexibility index (Phi) is 5.00. The summed E-state index contributed by atoms with van der Waals surface area (Å²) in [5.41, 5.74) is 1.04. The first kappa shape index (κ1) is 14.1. The molecular weight excluding hydrogens is 236 g/mol. The summed E-state index contributed by atoms with van der Waals surface area (Å²) in [5.74, 6) is 2.48. The lowest BCUT2D eigenvalue weighted by Crippen LogP contribution is -2.26. The molecule has 0 saturated carbocycles. The third kappa shape index (κ3) is 4.37. The molecule has 106 valence electrons. The van der Waals surface area contributed by atoms with Crippen LogP contribution in [0.3, 0.4) is 0 Å². The van der Waals surface area contributed by atoms with Gasteiger partial charge in [-0.15, -0.1) is 0 Å². The highest BCUT2D eigenvalue weighted by Crippen LogP contribution is 2.18. The van der Waals surface area contributed by atoms with E-state index < -0.39 is 0 Å². The van der Waals surface area contributed by atoms with Crippen molar-refractivity contribution in [2.75, 3.05) is 29.9 Å². The van der Waals surface area contributed by atoms with Crippen molar-refractivity contribution in [1.29, 1.82) is 0 Å². The zero-order chi connectivity index (χ0) is 13.7. The highest BCUT2D eigenvalue weighted by molar-refractivity contribution is 5.43. The van der Waals surface area contributed by atoms with Gasteiger partial charge in [0.15, 0.2) is 0 Å².